The van der Waals surface area contributed by atoms with Gasteiger partial charge in [-0.15, -0.1) is 0 Å². The van der Waals surface area contributed by atoms with E-state index in [4.69, 9.17) is 9.26 Å². The van der Waals surface area contributed by atoms with Crippen molar-refractivity contribution < 1.29 is 14.4 Å². The zero-order chi connectivity index (χ0) is 14.7. The minimum absolute atomic E-state index is 0.108. The molecular formula is C16H22N2O3. The van der Waals surface area contributed by atoms with Crippen LogP contribution in [0.4, 0.5) is 0 Å². The fraction of sp³-hybridized carbons (Fsp3) is 0.562. The van der Waals surface area contributed by atoms with Gasteiger partial charge in [-0.1, -0.05) is 5.16 Å². The number of fused-ring (bicyclic) bond motifs is 1. The van der Waals surface area contributed by atoms with E-state index in [9.17, 15) is 5.11 Å². The highest BCUT2D eigenvalue weighted by atomic mass is 16.5. The fourth-order valence-corrected chi connectivity index (χ4v) is 3.12. The second-order valence-electron chi connectivity index (χ2n) is 5.64. The summed E-state index contributed by atoms with van der Waals surface area (Å²) in [4.78, 5) is 0. The van der Waals surface area contributed by atoms with E-state index in [0.717, 1.165) is 42.9 Å². The first kappa shape index (κ1) is 14.4. The Hall–Kier alpha value is -1.59. The first-order chi connectivity index (χ1) is 10.3. The highest BCUT2D eigenvalue weighted by molar-refractivity contribution is 5.84. The Balaban J connectivity index is 1.80. The van der Waals surface area contributed by atoms with Gasteiger partial charge in [0.05, 0.1) is 25.0 Å². The summed E-state index contributed by atoms with van der Waals surface area (Å²) in [7, 11) is 1.59. The number of methoxy groups -OCH3 is 1. The number of rotatable bonds is 5. The van der Waals surface area contributed by atoms with E-state index in [-0.39, 0.29) is 6.61 Å². The molecule has 5 heteroatoms. The average molecular weight is 290 g/mol. The largest absolute Gasteiger partial charge is 0.496 e. The van der Waals surface area contributed by atoms with Gasteiger partial charge < -0.3 is 19.7 Å². The molecule has 1 aromatic carbocycles. The number of benzene rings is 1. The molecule has 0 amide bonds. The number of aliphatic hydroxyl groups is 1. The molecule has 0 atom stereocenters. The molecule has 2 N–H and O–H groups in total. The summed E-state index contributed by atoms with van der Waals surface area (Å²) in [5.41, 5.74) is 2.31. The molecule has 3 rings (SSSR count). The SMILES string of the molecule is COc1ccc2c(CCC3CCNCC3)noc2c1CO. The zero-order valence-corrected chi connectivity index (χ0v) is 12.4. The Bertz CT molecular complexity index is 603. The Morgan fingerprint density at radius 3 is 2.90 bits per heavy atom. The molecule has 1 saturated heterocycles. The smallest absolute Gasteiger partial charge is 0.176 e. The third-order valence-corrected chi connectivity index (χ3v) is 4.40. The maximum absolute atomic E-state index is 9.52. The topological polar surface area (TPSA) is 67.5 Å². The van der Waals surface area contributed by atoms with Crippen LogP contribution in [0, 0.1) is 5.92 Å². The monoisotopic (exact) mass is 290 g/mol. The van der Waals surface area contributed by atoms with Crippen LogP contribution in [-0.4, -0.2) is 30.5 Å². The molecule has 114 valence electrons. The van der Waals surface area contributed by atoms with Gasteiger partial charge >= 0.3 is 0 Å². The summed E-state index contributed by atoms with van der Waals surface area (Å²) in [6, 6.07) is 3.85. The maximum Gasteiger partial charge on any atom is 0.176 e. The van der Waals surface area contributed by atoms with E-state index >= 15 is 0 Å². The van der Waals surface area contributed by atoms with Crippen LogP contribution in [0.3, 0.4) is 0 Å². The van der Waals surface area contributed by atoms with Crippen LogP contribution < -0.4 is 10.1 Å². The van der Waals surface area contributed by atoms with Crippen molar-refractivity contribution in [2.45, 2.75) is 32.3 Å². The summed E-state index contributed by atoms with van der Waals surface area (Å²) in [5.74, 6) is 1.42. The number of piperidine rings is 1. The van der Waals surface area contributed by atoms with Gasteiger partial charge in [0.25, 0.3) is 0 Å². The van der Waals surface area contributed by atoms with E-state index in [1.54, 1.807) is 7.11 Å². The lowest BCUT2D eigenvalue weighted by atomic mass is 9.92. The van der Waals surface area contributed by atoms with Crippen LogP contribution in [0.2, 0.25) is 0 Å². The van der Waals surface area contributed by atoms with Crippen molar-refractivity contribution in [3.05, 3.63) is 23.4 Å². The van der Waals surface area contributed by atoms with Gasteiger partial charge in [-0.2, -0.15) is 0 Å². The number of hydrogen-bond acceptors (Lipinski definition) is 5. The van der Waals surface area contributed by atoms with Crippen molar-refractivity contribution in [1.29, 1.82) is 0 Å². The molecule has 0 unspecified atom stereocenters. The van der Waals surface area contributed by atoms with Gasteiger partial charge in [0.15, 0.2) is 5.58 Å². The molecule has 1 aliphatic heterocycles. The van der Waals surface area contributed by atoms with Crippen LogP contribution >= 0.6 is 0 Å². The number of nitrogens with zero attached hydrogens (tertiary/aromatic N) is 1. The Morgan fingerprint density at radius 2 is 2.19 bits per heavy atom. The molecule has 2 heterocycles. The molecule has 2 aromatic rings. The van der Waals surface area contributed by atoms with Gasteiger partial charge in [0, 0.05) is 5.39 Å². The molecule has 0 radical (unpaired) electrons. The number of aliphatic hydroxyl groups excluding tert-OH is 1. The second kappa shape index (κ2) is 6.45. The number of ether oxygens (including phenoxy) is 1. The standard InChI is InChI=1S/C16H22N2O3/c1-20-15-5-3-12-14(18-21-16(12)13(15)10-19)4-2-11-6-8-17-9-7-11/h3,5,11,17,19H,2,4,6-10H2,1H3. The quantitative estimate of drug-likeness (QED) is 0.884. The average Bonchev–Trinajstić information content (AvgIpc) is 2.96. The lowest BCUT2D eigenvalue weighted by molar-refractivity contribution is 0.272. The van der Waals surface area contributed by atoms with Gasteiger partial charge in [-0.25, -0.2) is 0 Å². The van der Waals surface area contributed by atoms with Crippen LogP contribution in [0.1, 0.15) is 30.5 Å². The van der Waals surface area contributed by atoms with Crippen molar-refractivity contribution in [2.24, 2.45) is 5.92 Å². The summed E-state index contributed by atoms with van der Waals surface area (Å²) in [6.07, 6.45) is 4.55. The minimum Gasteiger partial charge on any atom is -0.496 e. The summed E-state index contributed by atoms with van der Waals surface area (Å²) < 4.78 is 10.7. The van der Waals surface area contributed by atoms with Gasteiger partial charge in [-0.3, -0.25) is 0 Å². The highest BCUT2D eigenvalue weighted by Gasteiger charge is 2.18. The molecule has 5 nitrogen and oxygen atoms in total. The van der Waals surface area contributed by atoms with Crippen molar-refractivity contribution in [2.75, 3.05) is 20.2 Å². The van der Waals surface area contributed by atoms with Crippen molar-refractivity contribution in [3.63, 3.8) is 0 Å². The zero-order valence-electron chi connectivity index (χ0n) is 12.4. The van der Waals surface area contributed by atoms with E-state index < -0.39 is 0 Å². The maximum atomic E-state index is 9.52. The fourth-order valence-electron chi connectivity index (χ4n) is 3.12. The van der Waals surface area contributed by atoms with E-state index in [1.165, 1.54) is 12.8 Å². The Morgan fingerprint density at radius 1 is 1.38 bits per heavy atom. The molecule has 1 aliphatic rings. The van der Waals surface area contributed by atoms with Gasteiger partial charge in [0.1, 0.15) is 5.75 Å². The third kappa shape index (κ3) is 2.89. The second-order valence-corrected chi connectivity index (χ2v) is 5.64. The van der Waals surface area contributed by atoms with Gasteiger partial charge in [0.2, 0.25) is 0 Å². The van der Waals surface area contributed by atoms with E-state index in [2.05, 4.69) is 10.5 Å². The molecule has 0 aliphatic carbocycles. The molecule has 1 fully saturated rings. The number of nitrogens with one attached hydrogen (secondary N) is 1. The molecular weight excluding hydrogens is 268 g/mol. The molecule has 0 saturated carbocycles. The van der Waals surface area contributed by atoms with Crippen LogP contribution in [0.15, 0.2) is 16.7 Å². The molecule has 1 aromatic heterocycles. The lowest BCUT2D eigenvalue weighted by Crippen LogP contribution is -2.27. The van der Waals surface area contributed by atoms with E-state index in [0.29, 0.717) is 16.9 Å². The summed E-state index contributed by atoms with van der Waals surface area (Å²) in [5, 5.41) is 18.1. The van der Waals surface area contributed by atoms with Crippen molar-refractivity contribution in [3.8, 4) is 5.75 Å². The molecule has 21 heavy (non-hydrogen) atoms. The van der Waals surface area contributed by atoms with Crippen molar-refractivity contribution in [1.82, 2.24) is 10.5 Å². The molecule has 0 bridgehead atoms. The predicted octanol–water partition coefficient (Wildman–Crippen LogP) is 2.26. The normalized spacial score (nSPS) is 16.5. The first-order valence-corrected chi connectivity index (χ1v) is 7.59. The van der Waals surface area contributed by atoms with E-state index in [1.807, 2.05) is 12.1 Å². The Kier molecular flexibility index (Phi) is 4.41. The number of aromatic nitrogens is 1. The predicted molar refractivity (Wildman–Crippen MR) is 80.4 cm³/mol. The number of hydrogen-bond donors (Lipinski definition) is 2. The van der Waals surface area contributed by atoms with Crippen LogP contribution in [0.5, 0.6) is 5.75 Å². The lowest BCUT2D eigenvalue weighted by Gasteiger charge is -2.21. The Labute approximate surface area is 124 Å². The molecule has 0 spiro atoms. The first-order valence-electron chi connectivity index (χ1n) is 7.59. The third-order valence-electron chi connectivity index (χ3n) is 4.40. The summed E-state index contributed by atoms with van der Waals surface area (Å²) >= 11 is 0. The van der Waals surface area contributed by atoms with Crippen LogP contribution in [-0.2, 0) is 13.0 Å². The van der Waals surface area contributed by atoms with Gasteiger partial charge in [-0.05, 0) is 56.8 Å². The van der Waals surface area contributed by atoms with Crippen molar-refractivity contribution >= 4 is 11.0 Å². The number of aryl methyl sites for hydroxylation is 1. The summed E-state index contributed by atoms with van der Waals surface area (Å²) in [6.45, 7) is 2.13. The highest BCUT2D eigenvalue weighted by Crippen LogP contribution is 2.31. The minimum atomic E-state index is -0.108. The van der Waals surface area contributed by atoms with Crippen LogP contribution in [0.25, 0.3) is 11.0 Å².